The lowest BCUT2D eigenvalue weighted by Gasteiger charge is -2.19. The molecule has 0 bridgehead atoms. The predicted octanol–water partition coefficient (Wildman–Crippen LogP) is 15.0. The molecular weight excluding hydrogens is 743 g/mol. The Labute approximate surface area is 353 Å². The Bertz CT molecular complexity index is 3520. The first-order valence-electron chi connectivity index (χ1n) is 20.9. The molecule has 9 aromatic carbocycles. The van der Waals surface area contributed by atoms with E-state index in [0.29, 0.717) is 17.5 Å². The lowest BCUT2D eigenvalue weighted by molar-refractivity contribution is 0.669. The van der Waals surface area contributed by atoms with Crippen molar-refractivity contribution < 1.29 is 4.42 Å². The molecule has 2 aromatic heterocycles. The zero-order valence-corrected chi connectivity index (χ0v) is 33.2. The predicted molar refractivity (Wildman–Crippen MR) is 252 cm³/mol. The highest BCUT2D eigenvalue weighted by molar-refractivity contribution is 6.13. The van der Waals surface area contributed by atoms with Gasteiger partial charge in [-0.25, -0.2) is 15.0 Å². The second kappa shape index (κ2) is 14.4. The number of para-hydroxylation sites is 1. The van der Waals surface area contributed by atoms with Crippen molar-refractivity contribution in [3.63, 3.8) is 0 Å². The third kappa shape index (κ3) is 6.20. The fourth-order valence-corrected chi connectivity index (χ4v) is 9.16. The molecule has 1 aliphatic rings. The molecule has 0 saturated carbocycles. The second-order valence-corrected chi connectivity index (χ2v) is 15.9. The summed E-state index contributed by atoms with van der Waals surface area (Å²) < 4.78 is 6.68. The Morgan fingerprint density at radius 1 is 0.377 bits per heavy atom. The number of rotatable bonds is 6. The molecule has 2 heterocycles. The number of allylic oxidation sites excluding steroid dienone is 1. The molecule has 0 N–H and O–H groups in total. The average Bonchev–Trinajstić information content (AvgIpc) is 3.72. The van der Waals surface area contributed by atoms with Crippen molar-refractivity contribution in [2.75, 3.05) is 0 Å². The van der Waals surface area contributed by atoms with Crippen LogP contribution in [0.15, 0.2) is 199 Å². The van der Waals surface area contributed by atoms with Gasteiger partial charge < -0.3 is 4.42 Å². The molecule has 4 heteroatoms. The zero-order chi connectivity index (χ0) is 40.3. The maximum atomic E-state index is 6.68. The molecular formula is C57H37N3O. The van der Waals surface area contributed by atoms with Gasteiger partial charge in [0.15, 0.2) is 17.5 Å². The van der Waals surface area contributed by atoms with E-state index >= 15 is 0 Å². The first kappa shape index (κ1) is 35.0. The third-order valence-electron chi connectivity index (χ3n) is 12.2. The number of benzene rings is 9. The van der Waals surface area contributed by atoms with Crippen LogP contribution in [0.4, 0.5) is 0 Å². The largest absolute Gasteiger partial charge is 0.456 e. The molecule has 1 aliphatic carbocycles. The fraction of sp³-hybridized carbons (Fsp3) is 0.0351. The van der Waals surface area contributed by atoms with Gasteiger partial charge in [0.1, 0.15) is 11.2 Å². The van der Waals surface area contributed by atoms with Gasteiger partial charge in [0, 0.05) is 27.5 Å². The monoisotopic (exact) mass is 779 g/mol. The van der Waals surface area contributed by atoms with Gasteiger partial charge in [0.2, 0.25) is 0 Å². The quantitative estimate of drug-likeness (QED) is 0.169. The van der Waals surface area contributed by atoms with Gasteiger partial charge in [-0.15, -0.1) is 0 Å². The Hall–Kier alpha value is -7.95. The summed E-state index contributed by atoms with van der Waals surface area (Å²) in [6.45, 7) is 0. The summed E-state index contributed by atoms with van der Waals surface area (Å²) in [5, 5.41) is 6.73. The summed E-state index contributed by atoms with van der Waals surface area (Å²) in [4.78, 5) is 15.9. The molecule has 286 valence electrons. The number of hydrogen-bond donors (Lipinski definition) is 0. The maximum Gasteiger partial charge on any atom is 0.164 e. The van der Waals surface area contributed by atoms with Crippen molar-refractivity contribution in [2.45, 2.75) is 12.8 Å². The Morgan fingerprint density at radius 3 is 1.89 bits per heavy atom. The first-order chi connectivity index (χ1) is 30.2. The molecule has 0 saturated heterocycles. The van der Waals surface area contributed by atoms with Crippen LogP contribution < -0.4 is 0 Å². The smallest absolute Gasteiger partial charge is 0.164 e. The average molecular weight is 780 g/mol. The molecule has 0 aliphatic heterocycles. The lowest BCUT2D eigenvalue weighted by atomic mass is 9.86. The number of fused-ring (bicyclic) bond motifs is 6. The Balaban J connectivity index is 1.08. The minimum Gasteiger partial charge on any atom is -0.456 e. The van der Waals surface area contributed by atoms with Crippen molar-refractivity contribution in [3.8, 4) is 67.5 Å². The number of hydrogen-bond acceptors (Lipinski definition) is 4. The van der Waals surface area contributed by atoms with Crippen LogP contribution in [-0.2, 0) is 6.42 Å². The Morgan fingerprint density at radius 2 is 1.02 bits per heavy atom. The van der Waals surface area contributed by atoms with Gasteiger partial charge in [-0.2, -0.15) is 0 Å². The van der Waals surface area contributed by atoms with E-state index in [-0.39, 0.29) is 0 Å². The number of furan rings is 1. The van der Waals surface area contributed by atoms with Crippen LogP contribution >= 0.6 is 0 Å². The molecule has 11 aromatic rings. The van der Waals surface area contributed by atoms with Crippen molar-refractivity contribution in [1.29, 1.82) is 0 Å². The summed E-state index contributed by atoms with van der Waals surface area (Å²) >= 11 is 0. The van der Waals surface area contributed by atoms with Crippen LogP contribution in [0, 0.1) is 0 Å². The van der Waals surface area contributed by atoms with E-state index in [4.69, 9.17) is 19.4 Å². The van der Waals surface area contributed by atoms with E-state index in [1.165, 1.54) is 44.0 Å². The van der Waals surface area contributed by atoms with Crippen molar-refractivity contribution in [2.24, 2.45) is 0 Å². The molecule has 61 heavy (non-hydrogen) atoms. The standard InChI is InChI=1S/C57H37N3O/c1-2-14-38(15-3-1)50-33-44(32-42-18-7-9-21-48(42)50)45-34-51(54-49-22-10-11-24-52(49)61-53(54)35-45)57-59-55(58-56(60-57)43-30-25-36-13-4-5-17-41(36)31-43)40-28-26-39(27-29-40)47-23-12-19-37-16-6-8-20-46(37)47/h1-8,10-20,22-35H,9,21H2. The highest BCUT2D eigenvalue weighted by atomic mass is 16.3. The molecule has 0 amide bonds. The molecule has 12 rings (SSSR count). The van der Waals surface area contributed by atoms with Gasteiger partial charge in [-0.05, 0) is 115 Å². The van der Waals surface area contributed by atoms with Crippen LogP contribution in [0.1, 0.15) is 17.5 Å². The molecule has 0 spiro atoms. The van der Waals surface area contributed by atoms with Crippen LogP contribution in [0.25, 0.3) is 117 Å². The fourth-order valence-electron chi connectivity index (χ4n) is 9.16. The maximum absolute atomic E-state index is 6.68. The minimum absolute atomic E-state index is 0.589. The van der Waals surface area contributed by atoms with Crippen LogP contribution in [-0.4, -0.2) is 15.0 Å². The van der Waals surface area contributed by atoms with Gasteiger partial charge in [0.25, 0.3) is 0 Å². The summed E-state index contributed by atoms with van der Waals surface area (Å²) in [6.07, 6.45) is 6.60. The summed E-state index contributed by atoms with van der Waals surface area (Å²) in [5.41, 5.74) is 13.9. The minimum atomic E-state index is 0.589. The summed E-state index contributed by atoms with van der Waals surface area (Å²) in [5.74, 6) is 1.81. The summed E-state index contributed by atoms with van der Waals surface area (Å²) in [6, 6.07) is 66.5. The van der Waals surface area contributed by atoms with E-state index in [9.17, 15) is 0 Å². The van der Waals surface area contributed by atoms with Crippen molar-refractivity contribution in [1.82, 2.24) is 15.0 Å². The third-order valence-corrected chi connectivity index (χ3v) is 12.2. The normalized spacial score (nSPS) is 12.4. The highest BCUT2D eigenvalue weighted by Gasteiger charge is 2.22. The van der Waals surface area contributed by atoms with Gasteiger partial charge in [-0.3, -0.25) is 0 Å². The zero-order valence-electron chi connectivity index (χ0n) is 33.2. The molecule has 4 nitrogen and oxygen atoms in total. The van der Waals surface area contributed by atoms with Crippen LogP contribution in [0.2, 0.25) is 0 Å². The lowest BCUT2D eigenvalue weighted by Crippen LogP contribution is -2.01. The highest BCUT2D eigenvalue weighted by Crippen LogP contribution is 2.42. The summed E-state index contributed by atoms with van der Waals surface area (Å²) in [7, 11) is 0. The number of nitrogens with zero attached hydrogens (tertiary/aromatic N) is 3. The van der Waals surface area contributed by atoms with Gasteiger partial charge >= 0.3 is 0 Å². The van der Waals surface area contributed by atoms with Crippen LogP contribution in [0.3, 0.4) is 0 Å². The van der Waals surface area contributed by atoms with Crippen LogP contribution in [0.5, 0.6) is 0 Å². The molecule has 0 radical (unpaired) electrons. The topological polar surface area (TPSA) is 51.8 Å². The SMILES string of the molecule is C1=Cc2cc(-c3cc(-c4nc(-c5ccc(-c6cccc7ccccc67)cc5)nc(-c5ccc6ccccc6c5)n4)c4c(c3)oc3ccccc34)cc(-c3ccccc3)c2CC1. The first-order valence-corrected chi connectivity index (χ1v) is 20.9. The molecule has 0 unspecified atom stereocenters. The second-order valence-electron chi connectivity index (χ2n) is 15.9. The van der Waals surface area contributed by atoms with Crippen molar-refractivity contribution in [3.05, 3.63) is 205 Å². The van der Waals surface area contributed by atoms with E-state index in [2.05, 4.69) is 188 Å². The van der Waals surface area contributed by atoms with E-state index < -0.39 is 0 Å². The molecule has 0 fully saturated rings. The Kier molecular flexibility index (Phi) is 8.27. The number of aromatic nitrogens is 3. The van der Waals surface area contributed by atoms with E-state index in [1.807, 2.05) is 12.1 Å². The van der Waals surface area contributed by atoms with Gasteiger partial charge in [0.05, 0.1) is 0 Å². The van der Waals surface area contributed by atoms with Crippen molar-refractivity contribution >= 4 is 49.6 Å². The van der Waals surface area contributed by atoms with Gasteiger partial charge in [-0.1, -0.05) is 164 Å². The van der Waals surface area contributed by atoms with E-state index in [0.717, 1.165) is 73.5 Å². The molecule has 0 atom stereocenters. The van der Waals surface area contributed by atoms with E-state index in [1.54, 1.807) is 0 Å².